The van der Waals surface area contributed by atoms with Crippen LogP contribution in [0, 0.1) is 23.7 Å². The molecule has 4 nitrogen and oxygen atoms in total. The predicted molar refractivity (Wildman–Crippen MR) is 73.0 cm³/mol. The van der Waals surface area contributed by atoms with Gasteiger partial charge in [0.15, 0.2) is 0 Å². The van der Waals surface area contributed by atoms with Crippen LogP contribution < -0.4 is 4.72 Å². The highest BCUT2D eigenvalue weighted by molar-refractivity contribution is 7.89. The van der Waals surface area contributed by atoms with Crippen LogP contribution in [0.1, 0.15) is 37.3 Å². The van der Waals surface area contributed by atoms with Crippen molar-refractivity contribution in [2.45, 2.75) is 38.0 Å². The fourth-order valence-corrected chi connectivity index (χ4v) is 3.75. The van der Waals surface area contributed by atoms with E-state index in [0.29, 0.717) is 17.7 Å². The van der Waals surface area contributed by atoms with Crippen molar-refractivity contribution in [3.63, 3.8) is 0 Å². The third-order valence-electron chi connectivity index (χ3n) is 3.84. The molecule has 1 aliphatic carbocycles. The maximum absolute atomic E-state index is 12.2. The summed E-state index contributed by atoms with van der Waals surface area (Å²) in [7, 11) is -3.48. The Morgan fingerprint density at radius 3 is 2.58 bits per heavy atom. The number of aryl methyl sites for hydroxylation is 1. The van der Waals surface area contributed by atoms with E-state index < -0.39 is 10.0 Å². The molecule has 1 fully saturated rings. The summed E-state index contributed by atoms with van der Waals surface area (Å²) < 4.78 is 27.2. The lowest BCUT2D eigenvalue weighted by Crippen LogP contribution is -2.40. The Kier molecular flexibility index (Phi) is 3.66. The number of sulfonamides is 1. The second-order valence-electron chi connectivity index (χ2n) is 5.58. The van der Waals surface area contributed by atoms with Gasteiger partial charge in [0.25, 0.3) is 0 Å². The van der Waals surface area contributed by atoms with Crippen LogP contribution in [0.5, 0.6) is 0 Å². The highest BCUT2D eigenvalue weighted by atomic mass is 32.2. The van der Waals surface area contributed by atoms with Crippen LogP contribution in [0.4, 0.5) is 0 Å². The molecule has 0 aliphatic heterocycles. The fraction of sp³-hybridized carbons (Fsp3) is 0.500. The van der Waals surface area contributed by atoms with Gasteiger partial charge in [-0.05, 0) is 48.9 Å². The molecule has 2 rings (SSSR count). The Morgan fingerprint density at radius 2 is 2.11 bits per heavy atom. The van der Waals surface area contributed by atoms with E-state index in [-0.39, 0.29) is 10.3 Å². The number of rotatable bonds is 4. The zero-order valence-electron chi connectivity index (χ0n) is 11.2. The molecule has 0 atom stereocenters. The minimum Gasteiger partial charge on any atom is -0.211 e. The summed E-state index contributed by atoms with van der Waals surface area (Å²) in [5.41, 5.74) is 1.18. The molecule has 1 aromatic rings. The average Bonchev–Trinajstić information content (AvgIpc) is 2.33. The van der Waals surface area contributed by atoms with Gasteiger partial charge in [-0.25, -0.2) is 13.1 Å². The van der Waals surface area contributed by atoms with Gasteiger partial charge in [-0.3, -0.25) is 0 Å². The molecule has 1 aliphatic rings. The molecule has 102 valence electrons. The van der Waals surface area contributed by atoms with E-state index >= 15 is 0 Å². The molecular weight excluding hydrogens is 260 g/mol. The molecule has 1 aromatic carbocycles. The first-order chi connectivity index (χ1) is 8.86. The molecule has 1 N–H and O–H groups in total. The fourth-order valence-electron chi connectivity index (χ4n) is 2.32. The quantitative estimate of drug-likeness (QED) is 0.919. The molecule has 0 heterocycles. The molecule has 19 heavy (non-hydrogen) atoms. The van der Waals surface area contributed by atoms with Gasteiger partial charge in [0.2, 0.25) is 10.0 Å². The topological polar surface area (TPSA) is 70.0 Å². The Bertz CT molecular complexity index is 625. The molecule has 5 heteroatoms. The Hall–Kier alpha value is -1.38. The summed E-state index contributed by atoms with van der Waals surface area (Å²) in [4.78, 5) is 0.259. The van der Waals surface area contributed by atoms with E-state index in [1.807, 2.05) is 6.07 Å². The Labute approximate surface area is 114 Å². The smallest absolute Gasteiger partial charge is 0.211 e. The zero-order chi connectivity index (χ0) is 14.1. The van der Waals surface area contributed by atoms with Gasteiger partial charge in [-0.2, -0.15) is 5.26 Å². The summed E-state index contributed by atoms with van der Waals surface area (Å²) >= 11 is 0. The van der Waals surface area contributed by atoms with Gasteiger partial charge in [0.1, 0.15) is 0 Å². The van der Waals surface area contributed by atoms with Crippen LogP contribution in [0.15, 0.2) is 23.1 Å². The average molecular weight is 278 g/mol. The van der Waals surface area contributed by atoms with E-state index in [1.165, 1.54) is 18.6 Å². The molecule has 0 bridgehead atoms. The Balaban J connectivity index is 2.17. The monoisotopic (exact) mass is 278 g/mol. The largest absolute Gasteiger partial charge is 0.240 e. The SMILES string of the molecule is Cc1cc(C#N)ccc1S(=O)(=O)NCC1(C)CCC1. The Morgan fingerprint density at radius 1 is 1.42 bits per heavy atom. The van der Waals surface area contributed by atoms with Crippen LogP contribution in [0.25, 0.3) is 0 Å². The molecular formula is C14H18N2O2S. The standard InChI is InChI=1S/C14H18N2O2S/c1-11-8-12(9-15)4-5-13(11)19(17,18)16-10-14(2)6-3-7-14/h4-5,8,16H,3,6-7,10H2,1-2H3. The molecule has 0 spiro atoms. The lowest BCUT2D eigenvalue weighted by molar-refractivity contribution is 0.166. The van der Waals surface area contributed by atoms with Gasteiger partial charge in [0, 0.05) is 6.54 Å². The number of hydrogen-bond acceptors (Lipinski definition) is 3. The molecule has 0 amide bonds. The summed E-state index contributed by atoms with van der Waals surface area (Å²) in [5.74, 6) is 0. The molecule has 1 saturated carbocycles. The summed E-state index contributed by atoms with van der Waals surface area (Å²) in [6.07, 6.45) is 3.32. The predicted octanol–water partition coefficient (Wildman–Crippen LogP) is 2.34. The second kappa shape index (κ2) is 4.95. The maximum Gasteiger partial charge on any atom is 0.240 e. The summed E-state index contributed by atoms with van der Waals surface area (Å²) in [6, 6.07) is 6.64. The molecule has 0 radical (unpaired) electrons. The van der Waals surface area contributed by atoms with Crippen LogP contribution in [0.2, 0.25) is 0 Å². The first-order valence-corrected chi connectivity index (χ1v) is 7.85. The van der Waals surface area contributed by atoms with Gasteiger partial charge >= 0.3 is 0 Å². The highest BCUT2D eigenvalue weighted by Crippen LogP contribution is 2.39. The van der Waals surface area contributed by atoms with Crippen molar-refractivity contribution in [3.05, 3.63) is 29.3 Å². The first kappa shape index (κ1) is 14.0. The summed E-state index contributed by atoms with van der Waals surface area (Å²) in [5, 5.41) is 8.79. The number of benzene rings is 1. The highest BCUT2D eigenvalue weighted by Gasteiger charge is 2.33. The number of nitrogens with one attached hydrogen (secondary N) is 1. The van der Waals surface area contributed by atoms with E-state index in [4.69, 9.17) is 5.26 Å². The van der Waals surface area contributed by atoms with Crippen LogP contribution in [-0.2, 0) is 10.0 Å². The van der Waals surface area contributed by atoms with Crippen molar-refractivity contribution in [1.29, 1.82) is 5.26 Å². The minimum atomic E-state index is -3.48. The van der Waals surface area contributed by atoms with Gasteiger partial charge in [-0.1, -0.05) is 13.3 Å². The third-order valence-corrected chi connectivity index (χ3v) is 5.40. The van der Waals surface area contributed by atoms with Gasteiger partial charge < -0.3 is 0 Å². The van der Waals surface area contributed by atoms with Gasteiger partial charge in [0.05, 0.1) is 16.5 Å². The second-order valence-corrected chi connectivity index (χ2v) is 7.32. The maximum atomic E-state index is 12.2. The van der Waals surface area contributed by atoms with E-state index in [2.05, 4.69) is 11.6 Å². The number of nitrogens with zero attached hydrogens (tertiary/aromatic N) is 1. The zero-order valence-corrected chi connectivity index (χ0v) is 12.0. The van der Waals surface area contributed by atoms with Crippen molar-refractivity contribution >= 4 is 10.0 Å². The number of hydrogen-bond donors (Lipinski definition) is 1. The molecule has 0 aromatic heterocycles. The number of nitriles is 1. The van der Waals surface area contributed by atoms with E-state index in [9.17, 15) is 8.42 Å². The van der Waals surface area contributed by atoms with Crippen molar-refractivity contribution < 1.29 is 8.42 Å². The van der Waals surface area contributed by atoms with E-state index in [0.717, 1.165) is 12.8 Å². The van der Waals surface area contributed by atoms with Crippen molar-refractivity contribution in [3.8, 4) is 6.07 Å². The van der Waals surface area contributed by atoms with Crippen molar-refractivity contribution in [2.75, 3.05) is 6.54 Å². The lowest BCUT2D eigenvalue weighted by Gasteiger charge is -2.38. The van der Waals surface area contributed by atoms with Crippen molar-refractivity contribution in [2.24, 2.45) is 5.41 Å². The van der Waals surface area contributed by atoms with E-state index in [1.54, 1.807) is 13.0 Å². The van der Waals surface area contributed by atoms with Crippen LogP contribution in [-0.4, -0.2) is 15.0 Å². The minimum absolute atomic E-state index is 0.105. The van der Waals surface area contributed by atoms with Crippen LogP contribution >= 0.6 is 0 Å². The molecule has 0 unspecified atom stereocenters. The lowest BCUT2D eigenvalue weighted by atomic mass is 9.71. The van der Waals surface area contributed by atoms with Gasteiger partial charge in [-0.15, -0.1) is 0 Å². The van der Waals surface area contributed by atoms with Crippen LogP contribution in [0.3, 0.4) is 0 Å². The summed E-state index contributed by atoms with van der Waals surface area (Å²) in [6.45, 7) is 4.29. The molecule has 0 saturated heterocycles. The third kappa shape index (κ3) is 2.96. The normalized spacial score (nSPS) is 17.5. The first-order valence-electron chi connectivity index (χ1n) is 6.37. The van der Waals surface area contributed by atoms with Crippen molar-refractivity contribution in [1.82, 2.24) is 4.72 Å².